The van der Waals surface area contributed by atoms with Crippen LogP contribution in [0.1, 0.15) is 34.7 Å². The third-order valence-electron chi connectivity index (χ3n) is 3.49. The van der Waals surface area contributed by atoms with Crippen LogP contribution in [0.4, 0.5) is 0 Å². The fourth-order valence-corrected chi connectivity index (χ4v) is 5.30. The summed E-state index contributed by atoms with van der Waals surface area (Å²) in [6, 6.07) is 13.6. The second kappa shape index (κ2) is 6.61. The summed E-state index contributed by atoms with van der Waals surface area (Å²) in [4.78, 5) is 2.79. The van der Waals surface area contributed by atoms with Crippen molar-refractivity contribution in [3.8, 4) is 0 Å². The van der Waals surface area contributed by atoms with E-state index in [4.69, 9.17) is 0 Å². The summed E-state index contributed by atoms with van der Waals surface area (Å²) >= 11 is 7.39. The van der Waals surface area contributed by atoms with Crippen LogP contribution in [0.25, 0.3) is 10.1 Å². The van der Waals surface area contributed by atoms with E-state index in [1.165, 1.54) is 29.2 Å². The van der Waals surface area contributed by atoms with Gasteiger partial charge in [-0.15, -0.1) is 22.7 Å². The summed E-state index contributed by atoms with van der Waals surface area (Å²) in [5, 5.41) is 5.04. The molecule has 2 heterocycles. The molecule has 1 N–H and O–H groups in total. The van der Waals surface area contributed by atoms with Crippen molar-refractivity contribution in [3.63, 3.8) is 0 Å². The maximum absolute atomic E-state index is 3.70. The van der Waals surface area contributed by atoms with Gasteiger partial charge >= 0.3 is 0 Å². The number of rotatable bonds is 5. The zero-order valence-electron chi connectivity index (χ0n) is 12.2. The van der Waals surface area contributed by atoms with E-state index < -0.39 is 0 Å². The second-order valence-electron chi connectivity index (χ2n) is 5.18. The van der Waals surface area contributed by atoms with Crippen LogP contribution in [0.2, 0.25) is 0 Å². The van der Waals surface area contributed by atoms with Crippen LogP contribution in [0.3, 0.4) is 0 Å². The van der Waals surface area contributed by atoms with Crippen molar-refractivity contribution in [2.45, 2.75) is 26.3 Å². The monoisotopic (exact) mass is 379 g/mol. The van der Waals surface area contributed by atoms with Gasteiger partial charge < -0.3 is 5.32 Å². The topological polar surface area (TPSA) is 12.0 Å². The number of thiophene rings is 2. The van der Waals surface area contributed by atoms with Gasteiger partial charge in [-0.25, -0.2) is 0 Å². The highest BCUT2D eigenvalue weighted by molar-refractivity contribution is 9.11. The molecule has 3 aromatic rings. The molecule has 1 nitrogen and oxygen atoms in total. The fourth-order valence-electron chi connectivity index (χ4n) is 2.40. The number of nitrogens with one attached hydrogen (secondary N) is 1. The van der Waals surface area contributed by atoms with Gasteiger partial charge in [0.05, 0.1) is 9.83 Å². The first-order chi connectivity index (χ1) is 10.2. The minimum absolute atomic E-state index is 0.303. The molecule has 1 aromatic carbocycles. The Morgan fingerprint density at radius 1 is 1.14 bits per heavy atom. The van der Waals surface area contributed by atoms with E-state index in [0.29, 0.717) is 6.04 Å². The highest BCUT2D eigenvalue weighted by Gasteiger charge is 2.19. The number of aryl methyl sites for hydroxylation is 1. The highest BCUT2D eigenvalue weighted by Crippen LogP contribution is 2.38. The van der Waals surface area contributed by atoms with E-state index in [9.17, 15) is 0 Å². The van der Waals surface area contributed by atoms with Crippen molar-refractivity contribution in [1.29, 1.82) is 0 Å². The van der Waals surface area contributed by atoms with Gasteiger partial charge in [-0.05, 0) is 65.0 Å². The summed E-state index contributed by atoms with van der Waals surface area (Å²) in [5.74, 6) is 0. The van der Waals surface area contributed by atoms with Crippen LogP contribution in [-0.4, -0.2) is 6.54 Å². The normalized spacial score (nSPS) is 12.9. The summed E-state index contributed by atoms with van der Waals surface area (Å²) in [6.45, 7) is 5.41. The van der Waals surface area contributed by atoms with E-state index in [2.05, 4.69) is 71.5 Å². The maximum atomic E-state index is 3.70. The minimum Gasteiger partial charge on any atom is -0.305 e. The Morgan fingerprint density at radius 3 is 2.57 bits per heavy atom. The number of hydrogen-bond donors (Lipinski definition) is 1. The first-order valence-corrected chi connectivity index (χ1v) is 9.59. The van der Waals surface area contributed by atoms with E-state index in [-0.39, 0.29) is 0 Å². The Morgan fingerprint density at radius 2 is 1.90 bits per heavy atom. The van der Waals surface area contributed by atoms with Crippen molar-refractivity contribution in [1.82, 2.24) is 5.32 Å². The fraction of sp³-hybridized carbons (Fsp3) is 0.294. The Labute approximate surface area is 142 Å². The molecule has 4 heteroatoms. The van der Waals surface area contributed by atoms with Crippen molar-refractivity contribution < 1.29 is 0 Å². The smallest absolute Gasteiger partial charge is 0.0765 e. The lowest BCUT2D eigenvalue weighted by Crippen LogP contribution is -2.21. The summed E-state index contributed by atoms with van der Waals surface area (Å²) in [7, 11) is 0. The van der Waals surface area contributed by atoms with Gasteiger partial charge in [-0.3, -0.25) is 0 Å². The molecule has 0 amide bonds. The van der Waals surface area contributed by atoms with Crippen molar-refractivity contribution >= 4 is 48.7 Å². The molecule has 1 atom stereocenters. The lowest BCUT2D eigenvalue weighted by Gasteiger charge is -2.15. The molecule has 110 valence electrons. The van der Waals surface area contributed by atoms with Crippen molar-refractivity contribution in [2.24, 2.45) is 0 Å². The van der Waals surface area contributed by atoms with Gasteiger partial charge in [0.25, 0.3) is 0 Å². The SMILES string of the molecule is CCCNC(c1cc(C)c(Br)s1)c1cc2ccccc2s1. The molecular weight excluding hydrogens is 362 g/mol. The van der Waals surface area contributed by atoms with Gasteiger partial charge in [-0.2, -0.15) is 0 Å². The van der Waals surface area contributed by atoms with Gasteiger partial charge in [0, 0.05) is 14.5 Å². The second-order valence-corrected chi connectivity index (χ2v) is 8.70. The lowest BCUT2D eigenvalue weighted by molar-refractivity contribution is 0.613. The standard InChI is InChI=1S/C17H18BrNS2/c1-3-8-19-16(14-9-11(2)17(18)21-14)15-10-12-6-4-5-7-13(12)20-15/h4-7,9-10,16,19H,3,8H2,1-2H3. The van der Waals surface area contributed by atoms with E-state index in [1.807, 2.05) is 22.7 Å². The molecule has 1 unspecified atom stereocenters. The Bertz CT molecular complexity index is 692. The van der Waals surface area contributed by atoms with E-state index in [0.717, 1.165) is 13.0 Å². The van der Waals surface area contributed by atoms with Crippen LogP contribution >= 0.6 is 38.6 Å². The number of halogens is 1. The third kappa shape index (κ3) is 3.24. The summed E-state index contributed by atoms with van der Waals surface area (Å²) in [5.41, 5.74) is 1.32. The summed E-state index contributed by atoms with van der Waals surface area (Å²) in [6.07, 6.45) is 1.15. The maximum Gasteiger partial charge on any atom is 0.0765 e. The van der Waals surface area contributed by atoms with Crippen LogP contribution in [-0.2, 0) is 0 Å². The van der Waals surface area contributed by atoms with Crippen LogP contribution < -0.4 is 5.32 Å². The van der Waals surface area contributed by atoms with Gasteiger partial charge in [0.15, 0.2) is 0 Å². The third-order valence-corrected chi connectivity index (χ3v) is 6.87. The average Bonchev–Trinajstić information content (AvgIpc) is 3.04. The predicted molar refractivity (Wildman–Crippen MR) is 98.7 cm³/mol. The molecule has 0 radical (unpaired) electrons. The molecule has 2 aromatic heterocycles. The van der Waals surface area contributed by atoms with Crippen molar-refractivity contribution in [3.05, 3.63) is 55.5 Å². The number of hydrogen-bond acceptors (Lipinski definition) is 3. The number of benzene rings is 1. The molecule has 0 saturated carbocycles. The molecule has 0 fully saturated rings. The molecule has 21 heavy (non-hydrogen) atoms. The highest BCUT2D eigenvalue weighted by atomic mass is 79.9. The van der Waals surface area contributed by atoms with Gasteiger partial charge in [-0.1, -0.05) is 25.1 Å². The largest absolute Gasteiger partial charge is 0.305 e. The summed E-state index contributed by atoms with van der Waals surface area (Å²) < 4.78 is 2.60. The Balaban J connectivity index is 2.01. The molecule has 0 aliphatic heterocycles. The van der Waals surface area contributed by atoms with Gasteiger partial charge in [0.1, 0.15) is 0 Å². The van der Waals surface area contributed by atoms with E-state index in [1.54, 1.807) is 0 Å². The van der Waals surface area contributed by atoms with Gasteiger partial charge in [0.2, 0.25) is 0 Å². The quantitative estimate of drug-likeness (QED) is 0.562. The molecule has 0 aliphatic rings. The average molecular weight is 380 g/mol. The number of fused-ring (bicyclic) bond motifs is 1. The van der Waals surface area contributed by atoms with Crippen LogP contribution in [0.5, 0.6) is 0 Å². The first kappa shape index (κ1) is 15.2. The van der Waals surface area contributed by atoms with Crippen LogP contribution in [0, 0.1) is 6.92 Å². The Hall–Kier alpha value is -0.680. The molecular formula is C17H18BrNS2. The molecule has 3 rings (SSSR count). The van der Waals surface area contributed by atoms with Crippen LogP contribution in [0.15, 0.2) is 40.2 Å². The first-order valence-electron chi connectivity index (χ1n) is 7.16. The molecule has 0 spiro atoms. The molecule has 0 bridgehead atoms. The minimum atomic E-state index is 0.303. The van der Waals surface area contributed by atoms with E-state index >= 15 is 0 Å². The Kier molecular flexibility index (Phi) is 4.79. The zero-order valence-corrected chi connectivity index (χ0v) is 15.4. The van der Waals surface area contributed by atoms with Crippen molar-refractivity contribution in [2.75, 3.05) is 6.54 Å². The molecule has 0 saturated heterocycles. The molecule has 0 aliphatic carbocycles. The zero-order chi connectivity index (χ0) is 14.8. The predicted octanol–water partition coefficient (Wildman–Crippen LogP) is 6.12. The lowest BCUT2D eigenvalue weighted by atomic mass is 10.1.